The maximum absolute atomic E-state index is 12.4. The number of rotatable bonds is 2. The number of hydrogen-bond donors (Lipinski definition) is 0. The highest BCUT2D eigenvalue weighted by molar-refractivity contribution is 5.91. The van der Waals surface area contributed by atoms with E-state index in [-0.39, 0.29) is 5.91 Å². The van der Waals surface area contributed by atoms with Gasteiger partial charge >= 0.3 is 0 Å². The fraction of sp³-hybridized carbons (Fsp3) is 0.158. The van der Waals surface area contributed by atoms with Crippen LogP contribution in [0.15, 0.2) is 60.9 Å². The van der Waals surface area contributed by atoms with Gasteiger partial charge in [-0.3, -0.25) is 4.79 Å². The summed E-state index contributed by atoms with van der Waals surface area (Å²) >= 11 is 0. The highest BCUT2D eigenvalue weighted by atomic mass is 16.2. The Hall–Kier alpha value is -2.88. The lowest BCUT2D eigenvalue weighted by Gasteiger charge is -2.27. The molecule has 0 fully saturated rings. The van der Waals surface area contributed by atoms with Crippen LogP contribution in [0.3, 0.4) is 0 Å². The zero-order valence-corrected chi connectivity index (χ0v) is 12.7. The Morgan fingerprint density at radius 1 is 1.09 bits per heavy atom. The Kier molecular flexibility index (Phi) is 3.42. The first-order chi connectivity index (χ1) is 11.3. The average molecular weight is 303 g/mol. The van der Waals surface area contributed by atoms with E-state index in [1.807, 2.05) is 45.8 Å². The molecule has 1 aliphatic heterocycles. The van der Waals surface area contributed by atoms with Crippen molar-refractivity contribution in [3.63, 3.8) is 0 Å². The number of fused-ring (bicyclic) bond motifs is 2. The fourth-order valence-electron chi connectivity index (χ4n) is 3.02. The molecule has 0 aliphatic carbocycles. The lowest BCUT2D eigenvalue weighted by molar-refractivity contribution is -0.126. The lowest BCUT2D eigenvalue weighted by atomic mass is 10.00. The van der Waals surface area contributed by atoms with Crippen molar-refractivity contribution in [1.82, 2.24) is 14.3 Å². The highest BCUT2D eigenvalue weighted by Crippen LogP contribution is 2.19. The molecule has 4 heteroatoms. The largest absolute Gasteiger partial charge is 0.334 e. The van der Waals surface area contributed by atoms with Gasteiger partial charge in [-0.25, -0.2) is 4.98 Å². The minimum Gasteiger partial charge on any atom is -0.334 e. The van der Waals surface area contributed by atoms with Gasteiger partial charge in [-0.05, 0) is 35.8 Å². The second-order valence-electron chi connectivity index (χ2n) is 5.72. The van der Waals surface area contributed by atoms with E-state index in [9.17, 15) is 4.79 Å². The second-order valence-corrected chi connectivity index (χ2v) is 5.72. The molecule has 23 heavy (non-hydrogen) atoms. The van der Waals surface area contributed by atoms with Crippen molar-refractivity contribution in [3.05, 3.63) is 77.8 Å². The smallest absolute Gasteiger partial charge is 0.246 e. The molecule has 0 saturated carbocycles. The molecular weight excluding hydrogens is 286 g/mol. The van der Waals surface area contributed by atoms with E-state index in [2.05, 4.69) is 23.2 Å². The van der Waals surface area contributed by atoms with Gasteiger partial charge in [0.1, 0.15) is 5.65 Å². The molecule has 1 aromatic carbocycles. The van der Waals surface area contributed by atoms with Gasteiger partial charge in [0, 0.05) is 25.4 Å². The molecule has 1 aliphatic rings. The maximum Gasteiger partial charge on any atom is 0.246 e. The summed E-state index contributed by atoms with van der Waals surface area (Å²) in [7, 11) is 0. The predicted octanol–water partition coefficient (Wildman–Crippen LogP) is 2.93. The molecule has 0 unspecified atom stereocenters. The predicted molar refractivity (Wildman–Crippen MR) is 89.8 cm³/mol. The number of amides is 1. The molecule has 2 aromatic heterocycles. The number of aromatic nitrogens is 2. The molecule has 0 spiro atoms. The van der Waals surface area contributed by atoms with Crippen LogP contribution in [0, 0.1) is 0 Å². The van der Waals surface area contributed by atoms with Crippen molar-refractivity contribution in [1.29, 1.82) is 0 Å². The van der Waals surface area contributed by atoms with Crippen LogP contribution in [0.4, 0.5) is 0 Å². The summed E-state index contributed by atoms with van der Waals surface area (Å²) in [5, 5.41) is 0. The fourth-order valence-corrected chi connectivity index (χ4v) is 3.02. The molecule has 3 aromatic rings. The first kappa shape index (κ1) is 13.8. The number of hydrogen-bond acceptors (Lipinski definition) is 2. The van der Waals surface area contributed by atoms with E-state index in [1.165, 1.54) is 11.1 Å². The molecule has 4 rings (SSSR count). The van der Waals surface area contributed by atoms with Gasteiger partial charge in [0.15, 0.2) is 0 Å². The van der Waals surface area contributed by atoms with Crippen LogP contribution in [0.5, 0.6) is 0 Å². The van der Waals surface area contributed by atoms with Crippen molar-refractivity contribution >= 4 is 17.6 Å². The quantitative estimate of drug-likeness (QED) is 0.683. The number of benzene rings is 1. The maximum atomic E-state index is 12.4. The second kappa shape index (κ2) is 5.72. The van der Waals surface area contributed by atoms with Gasteiger partial charge in [-0.15, -0.1) is 0 Å². The summed E-state index contributed by atoms with van der Waals surface area (Å²) in [6.45, 7) is 1.46. The van der Waals surface area contributed by atoms with Gasteiger partial charge in [0.05, 0.1) is 11.9 Å². The third-order valence-electron chi connectivity index (χ3n) is 4.28. The van der Waals surface area contributed by atoms with Gasteiger partial charge in [-0.2, -0.15) is 0 Å². The Labute approximate surface area is 134 Å². The van der Waals surface area contributed by atoms with E-state index in [1.54, 1.807) is 12.3 Å². The number of carbonyl (C=O) groups is 1. The zero-order chi connectivity index (χ0) is 15.6. The average Bonchev–Trinajstić information content (AvgIpc) is 3.02. The normalized spacial score (nSPS) is 14.3. The van der Waals surface area contributed by atoms with Crippen LogP contribution in [-0.4, -0.2) is 26.7 Å². The van der Waals surface area contributed by atoms with E-state index in [4.69, 9.17) is 0 Å². The summed E-state index contributed by atoms with van der Waals surface area (Å²) < 4.78 is 1.97. The first-order valence-corrected chi connectivity index (χ1v) is 7.77. The van der Waals surface area contributed by atoms with E-state index < -0.39 is 0 Å². The van der Waals surface area contributed by atoms with Crippen LogP contribution >= 0.6 is 0 Å². The minimum atomic E-state index is 0.0467. The van der Waals surface area contributed by atoms with E-state index in [0.29, 0.717) is 6.54 Å². The summed E-state index contributed by atoms with van der Waals surface area (Å²) in [4.78, 5) is 18.7. The van der Waals surface area contributed by atoms with Gasteiger partial charge in [0.2, 0.25) is 5.91 Å². The van der Waals surface area contributed by atoms with Crippen molar-refractivity contribution < 1.29 is 4.79 Å². The van der Waals surface area contributed by atoms with Crippen LogP contribution in [-0.2, 0) is 17.8 Å². The molecule has 0 N–H and O–H groups in total. The summed E-state index contributed by atoms with van der Waals surface area (Å²) in [6.07, 6.45) is 8.13. The topological polar surface area (TPSA) is 37.6 Å². The van der Waals surface area contributed by atoms with Gasteiger partial charge in [-0.1, -0.05) is 30.3 Å². The van der Waals surface area contributed by atoms with Crippen molar-refractivity contribution in [2.45, 2.75) is 13.0 Å². The summed E-state index contributed by atoms with van der Waals surface area (Å²) in [5.74, 6) is 0.0467. The summed E-state index contributed by atoms with van der Waals surface area (Å²) in [6, 6.07) is 14.2. The monoisotopic (exact) mass is 303 g/mol. The molecular formula is C19H17N3O. The Morgan fingerprint density at radius 2 is 1.91 bits per heavy atom. The molecule has 0 atom stereocenters. The number of imidazole rings is 1. The highest BCUT2D eigenvalue weighted by Gasteiger charge is 2.18. The Bertz CT molecular complexity index is 894. The minimum absolute atomic E-state index is 0.0467. The van der Waals surface area contributed by atoms with E-state index in [0.717, 1.165) is 24.3 Å². The molecule has 0 bridgehead atoms. The molecule has 0 saturated heterocycles. The molecule has 0 radical (unpaired) electrons. The van der Waals surface area contributed by atoms with E-state index >= 15 is 0 Å². The van der Waals surface area contributed by atoms with Gasteiger partial charge in [0.25, 0.3) is 0 Å². The van der Waals surface area contributed by atoms with Crippen LogP contribution in [0.1, 0.15) is 16.8 Å². The van der Waals surface area contributed by atoms with Crippen molar-refractivity contribution in [2.75, 3.05) is 6.54 Å². The SMILES string of the molecule is O=C(/C=C/c1cnc2ccccn12)N1CCc2ccccc2C1. The molecule has 3 heterocycles. The molecule has 114 valence electrons. The van der Waals surface area contributed by atoms with Crippen molar-refractivity contribution in [2.24, 2.45) is 0 Å². The van der Waals surface area contributed by atoms with Gasteiger partial charge < -0.3 is 9.30 Å². The number of carbonyl (C=O) groups excluding carboxylic acids is 1. The lowest BCUT2D eigenvalue weighted by Crippen LogP contribution is -2.34. The molecule has 1 amide bonds. The Morgan fingerprint density at radius 3 is 2.83 bits per heavy atom. The van der Waals surface area contributed by atoms with Crippen LogP contribution in [0.25, 0.3) is 11.7 Å². The Balaban J connectivity index is 1.52. The standard InChI is InChI=1S/C19H17N3O/c23-19(21-12-10-15-5-1-2-6-16(15)14-21)9-8-17-13-20-18-7-3-4-11-22(17)18/h1-9,11,13H,10,12,14H2/b9-8+. The van der Waals surface area contributed by atoms with Crippen LogP contribution in [0.2, 0.25) is 0 Å². The first-order valence-electron chi connectivity index (χ1n) is 7.77. The molecule has 4 nitrogen and oxygen atoms in total. The van der Waals surface area contributed by atoms with Crippen molar-refractivity contribution in [3.8, 4) is 0 Å². The summed E-state index contributed by atoms with van der Waals surface area (Å²) in [5.41, 5.74) is 4.38. The zero-order valence-electron chi connectivity index (χ0n) is 12.7. The number of pyridine rings is 1. The number of nitrogens with zero attached hydrogens (tertiary/aromatic N) is 3. The van der Waals surface area contributed by atoms with Crippen LogP contribution < -0.4 is 0 Å². The third-order valence-corrected chi connectivity index (χ3v) is 4.28. The third kappa shape index (κ3) is 2.63.